The molecule has 3 nitrogen and oxygen atoms in total. The molecule has 1 aromatic heterocycles. The van der Waals surface area contributed by atoms with Gasteiger partial charge in [-0.1, -0.05) is 19.1 Å². The molecule has 2 rings (SSSR count). The highest BCUT2D eigenvalue weighted by molar-refractivity contribution is 8.00. The maximum absolute atomic E-state index is 12.2. The number of hydrogen-bond donors (Lipinski definition) is 2. The number of nitrogens with zero attached hydrogens (tertiary/aromatic N) is 1. The van der Waals surface area contributed by atoms with E-state index in [2.05, 4.69) is 15.3 Å². The van der Waals surface area contributed by atoms with Gasteiger partial charge in [0.2, 0.25) is 0 Å². The Kier molecular flexibility index (Phi) is 5.30. The first-order valence-electron chi connectivity index (χ1n) is 6.55. The fourth-order valence-corrected chi connectivity index (χ4v) is 2.49. The molecule has 0 bridgehead atoms. The van der Waals surface area contributed by atoms with Crippen molar-refractivity contribution in [2.45, 2.75) is 36.3 Å². The van der Waals surface area contributed by atoms with Crippen LogP contribution in [-0.4, -0.2) is 15.5 Å². The number of thioether (sulfide) groups is 1. The Hall–Kier alpha value is -1.47. The predicted molar refractivity (Wildman–Crippen MR) is 76.8 cm³/mol. The Labute approximate surface area is 125 Å². The summed E-state index contributed by atoms with van der Waals surface area (Å²) in [7, 11) is 0. The van der Waals surface area contributed by atoms with E-state index in [-0.39, 0.29) is 22.7 Å². The average molecular weight is 315 g/mol. The molecular weight excluding hydrogens is 299 g/mol. The topological polar surface area (TPSA) is 40.7 Å². The molecule has 0 aliphatic heterocycles. The van der Waals surface area contributed by atoms with Crippen molar-refractivity contribution in [1.29, 1.82) is 0 Å². The molecule has 7 heteroatoms. The van der Waals surface area contributed by atoms with E-state index in [9.17, 15) is 13.2 Å². The largest absolute Gasteiger partial charge is 0.446 e. The normalized spacial score (nSPS) is 13.3. The molecule has 1 aromatic carbocycles. The zero-order valence-electron chi connectivity index (χ0n) is 11.4. The molecule has 0 fully saturated rings. The van der Waals surface area contributed by atoms with Crippen molar-refractivity contribution in [3.05, 3.63) is 48.0 Å². The number of alkyl halides is 3. The molecule has 21 heavy (non-hydrogen) atoms. The highest BCUT2D eigenvalue weighted by Crippen LogP contribution is 2.36. The van der Waals surface area contributed by atoms with Gasteiger partial charge in [0.25, 0.3) is 0 Å². The minimum absolute atomic E-state index is 0.0990. The molecule has 0 aliphatic carbocycles. The number of benzene rings is 1. The summed E-state index contributed by atoms with van der Waals surface area (Å²) in [5, 5.41) is 3.33. The molecule has 0 saturated heterocycles. The van der Waals surface area contributed by atoms with Crippen molar-refractivity contribution in [2.24, 2.45) is 0 Å². The van der Waals surface area contributed by atoms with Gasteiger partial charge >= 0.3 is 5.51 Å². The lowest BCUT2D eigenvalue weighted by atomic mass is 10.1. The van der Waals surface area contributed by atoms with E-state index in [1.807, 2.05) is 6.92 Å². The van der Waals surface area contributed by atoms with Gasteiger partial charge in [-0.2, -0.15) is 13.2 Å². The first-order valence-corrected chi connectivity index (χ1v) is 7.37. The van der Waals surface area contributed by atoms with Crippen LogP contribution in [0.15, 0.2) is 41.6 Å². The van der Waals surface area contributed by atoms with E-state index >= 15 is 0 Å². The van der Waals surface area contributed by atoms with E-state index in [1.165, 1.54) is 12.1 Å². The first kappa shape index (κ1) is 15.9. The van der Waals surface area contributed by atoms with Crippen molar-refractivity contribution in [2.75, 3.05) is 0 Å². The van der Waals surface area contributed by atoms with Gasteiger partial charge in [-0.15, -0.1) is 0 Å². The summed E-state index contributed by atoms with van der Waals surface area (Å²) in [6.07, 6.45) is 4.33. The van der Waals surface area contributed by atoms with Crippen LogP contribution in [0, 0.1) is 0 Å². The second kappa shape index (κ2) is 7.00. The van der Waals surface area contributed by atoms with Crippen LogP contribution < -0.4 is 5.32 Å². The van der Waals surface area contributed by atoms with Gasteiger partial charge in [-0.05, 0) is 35.9 Å². The molecule has 1 heterocycles. The van der Waals surface area contributed by atoms with E-state index in [0.717, 1.165) is 17.8 Å². The lowest BCUT2D eigenvalue weighted by Crippen LogP contribution is -2.21. The van der Waals surface area contributed by atoms with E-state index in [0.29, 0.717) is 6.54 Å². The minimum atomic E-state index is -4.24. The molecule has 2 N–H and O–H groups in total. The summed E-state index contributed by atoms with van der Waals surface area (Å²) in [5.41, 5.74) is -3.31. The third-order valence-corrected chi connectivity index (χ3v) is 3.71. The summed E-state index contributed by atoms with van der Waals surface area (Å²) in [6.45, 7) is 2.62. The van der Waals surface area contributed by atoms with E-state index in [4.69, 9.17) is 0 Å². The summed E-state index contributed by atoms with van der Waals surface area (Å²) in [6, 6.07) is 6.49. The number of hydrogen-bond acceptors (Lipinski definition) is 3. The smallest absolute Gasteiger partial charge is 0.347 e. The second-order valence-corrected chi connectivity index (χ2v) is 5.65. The summed E-state index contributed by atoms with van der Waals surface area (Å²) >= 11 is -0.0990. The van der Waals surface area contributed by atoms with Crippen LogP contribution in [0.5, 0.6) is 0 Å². The van der Waals surface area contributed by atoms with Crippen LogP contribution in [-0.2, 0) is 6.54 Å². The Bertz CT molecular complexity index is 538. The lowest BCUT2D eigenvalue weighted by Gasteiger charge is -2.15. The van der Waals surface area contributed by atoms with E-state index in [1.54, 1.807) is 24.5 Å². The van der Waals surface area contributed by atoms with Gasteiger partial charge < -0.3 is 10.3 Å². The highest BCUT2D eigenvalue weighted by atomic mass is 32.2. The number of nitrogens with one attached hydrogen (secondary N) is 2. The SMILES string of the molecule is CCC(NCc1ccc(SC(F)(F)F)cc1)c1ncc[nH]1. The molecule has 2 aromatic rings. The molecule has 0 spiro atoms. The van der Waals surface area contributed by atoms with Crippen LogP contribution in [0.1, 0.15) is 30.8 Å². The number of aromatic nitrogens is 2. The average Bonchev–Trinajstić information content (AvgIpc) is 2.94. The van der Waals surface area contributed by atoms with Crippen LogP contribution in [0.3, 0.4) is 0 Å². The van der Waals surface area contributed by atoms with Crippen molar-refractivity contribution in [3.63, 3.8) is 0 Å². The fourth-order valence-electron chi connectivity index (χ4n) is 1.95. The fraction of sp³-hybridized carbons (Fsp3) is 0.357. The molecule has 0 saturated carbocycles. The second-order valence-electron chi connectivity index (χ2n) is 4.51. The van der Waals surface area contributed by atoms with Gasteiger partial charge in [-0.3, -0.25) is 0 Å². The first-order chi connectivity index (χ1) is 9.98. The number of rotatable bonds is 6. The Morgan fingerprint density at radius 2 is 2.00 bits per heavy atom. The monoisotopic (exact) mass is 315 g/mol. The third kappa shape index (κ3) is 5.09. The highest BCUT2D eigenvalue weighted by Gasteiger charge is 2.28. The van der Waals surface area contributed by atoms with E-state index < -0.39 is 5.51 Å². The maximum atomic E-state index is 12.2. The Morgan fingerprint density at radius 3 is 2.52 bits per heavy atom. The van der Waals surface area contributed by atoms with Crippen molar-refractivity contribution < 1.29 is 13.2 Å². The minimum Gasteiger partial charge on any atom is -0.347 e. The number of H-pyrrole nitrogens is 1. The van der Waals surface area contributed by atoms with Crippen molar-refractivity contribution in [1.82, 2.24) is 15.3 Å². The standard InChI is InChI=1S/C14H16F3N3S/c1-2-12(13-18-7-8-19-13)20-9-10-3-5-11(6-4-10)21-14(15,16)17/h3-8,12,20H,2,9H2,1H3,(H,18,19). The van der Waals surface area contributed by atoms with Crippen LogP contribution >= 0.6 is 11.8 Å². The molecule has 0 aliphatic rings. The van der Waals surface area contributed by atoms with Crippen molar-refractivity contribution >= 4 is 11.8 Å². The van der Waals surface area contributed by atoms with Crippen LogP contribution in [0.2, 0.25) is 0 Å². The number of halogens is 3. The molecule has 114 valence electrons. The van der Waals surface area contributed by atoms with Crippen LogP contribution in [0.4, 0.5) is 13.2 Å². The third-order valence-electron chi connectivity index (χ3n) is 2.97. The lowest BCUT2D eigenvalue weighted by molar-refractivity contribution is -0.0328. The van der Waals surface area contributed by atoms with Gasteiger partial charge in [-0.25, -0.2) is 4.98 Å². The Morgan fingerprint density at radius 1 is 1.29 bits per heavy atom. The molecule has 0 amide bonds. The molecule has 1 unspecified atom stereocenters. The number of imidazole rings is 1. The van der Waals surface area contributed by atoms with Crippen LogP contribution in [0.25, 0.3) is 0 Å². The zero-order chi connectivity index (χ0) is 15.3. The zero-order valence-corrected chi connectivity index (χ0v) is 12.3. The number of aromatic amines is 1. The maximum Gasteiger partial charge on any atom is 0.446 e. The Balaban J connectivity index is 1.91. The van der Waals surface area contributed by atoms with Gasteiger partial charge in [0.1, 0.15) is 5.82 Å². The quantitative estimate of drug-likeness (QED) is 0.782. The molecule has 1 atom stereocenters. The van der Waals surface area contributed by atoms with Gasteiger partial charge in [0.05, 0.1) is 6.04 Å². The summed E-state index contributed by atoms with van der Waals surface area (Å²) in [4.78, 5) is 7.46. The molecular formula is C14H16F3N3S. The van der Waals surface area contributed by atoms with Gasteiger partial charge in [0, 0.05) is 23.8 Å². The van der Waals surface area contributed by atoms with Gasteiger partial charge in [0.15, 0.2) is 0 Å². The van der Waals surface area contributed by atoms with Crippen molar-refractivity contribution in [3.8, 4) is 0 Å². The summed E-state index contributed by atoms with van der Waals surface area (Å²) in [5.74, 6) is 0.863. The summed E-state index contributed by atoms with van der Waals surface area (Å²) < 4.78 is 36.7. The molecule has 0 radical (unpaired) electrons. The predicted octanol–water partition coefficient (Wildman–Crippen LogP) is 4.26.